The smallest absolute Gasteiger partial charge is 0.406 e. The first-order chi connectivity index (χ1) is 10.4. The van der Waals surface area contributed by atoms with Crippen molar-refractivity contribution in [1.82, 2.24) is 0 Å². The third-order valence-electron chi connectivity index (χ3n) is 3.32. The van der Waals surface area contributed by atoms with Gasteiger partial charge in [0.05, 0.1) is 6.04 Å². The van der Waals surface area contributed by atoms with Crippen LogP contribution in [0.25, 0.3) is 10.1 Å². The van der Waals surface area contributed by atoms with Crippen molar-refractivity contribution < 1.29 is 17.9 Å². The highest BCUT2D eigenvalue weighted by atomic mass is 32.1. The molecule has 1 heterocycles. The number of benzene rings is 2. The summed E-state index contributed by atoms with van der Waals surface area (Å²) >= 11 is 1.59. The molecular formula is C16H12F3NOS. The van der Waals surface area contributed by atoms with Crippen molar-refractivity contribution in [2.45, 2.75) is 12.4 Å². The summed E-state index contributed by atoms with van der Waals surface area (Å²) in [6.07, 6.45) is -4.69. The number of fused-ring (bicyclic) bond motifs is 1. The predicted octanol–water partition coefficient (Wildman–Crippen LogP) is 4.85. The molecule has 114 valence electrons. The summed E-state index contributed by atoms with van der Waals surface area (Å²) in [5, 5.41) is 3.05. The highest BCUT2D eigenvalue weighted by Crippen LogP contribution is 2.33. The molecule has 0 saturated heterocycles. The molecule has 0 spiro atoms. The summed E-state index contributed by atoms with van der Waals surface area (Å²) in [4.78, 5) is 0. The van der Waals surface area contributed by atoms with Gasteiger partial charge in [-0.15, -0.1) is 24.5 Å². The van der Waals surface area contributed by atoms with E-state index in [1.54, 1.807) is 23.5 Å². The van der Waals surface area contributed by atoms with E-state index < -0.39 is 12.4 Å². The van der Waals surface area contributed by atoms with Gasteiger partial charge in [-0.05, 0) is 40.1 Å². The molecule has 0 aliphatic rings. The Morgan fingerprint density at radius 3 is 2.36 bits per heavy atom. The Labute approximate surface area is 128 Å². The average Bonchev–Trinajstić information content (AvgIpc) is 2.89. The lowest BCUT2D eigenvalue weighted by atomic mass is 9.99. The maximum atomic E-state index is 12.2. The number of halogens is 3. The summed E-state index contributed by atoms with van der Waals surface area (Å²) in [5.41, 5.74) is 7.95. The van der Waals surface area contributed by atoms with E-state index in [1.165, 1.54) is 12.1 Å². The molecule has 1 atom stereocenters. The third kappa shape index (κ3) is 3.08. The van der Waals surface area contributed by atoms with Crippen molar-refractivity contribution >= 4 is 21.4 Å². The largest absolute Gasteiger partial charge is 0.573 e. The monoisotopic (exact) mass is 323 g/mol. The van der Waals surface area contributed by atoms with Crippen LogP contribution >= 0.6 is 11.3 Å². The highest BCUT2D eigenvalue weighted by Gasteiger charge is 2.31. The van der Waals surface area contributed by atoms with Crippen molar-refractivity contribution in [3.05, 3.63) is 65.0 Å². The van der Waals surface area contributed by atoms with E-state index in [1.807, 2.05) is 29.6 Å². The predicted molar refractivity (Wildman–Crippen MR) is 81.0 cm³/mol. The van der Waals surface area contributed by atoms with Crippen LogP contribution in [0.2, 0.25) is 0 Å². The van der Waals surface area contributed by atoms with Crippen LogP contribution in [0, 0.1) is 0 Å². The molecule has 2 nitrogen and oxygen atoms in total. The van der Waals surface area contributed by atoms with E-state index in [2.05, 4.69) is 4.74 Å². The Morgan fingerprint density at radius 2 is 1.68 bits per heavy atom. The van der Waals surface area contributed by atoms with Crippen LogP contribution in [0.5, 0.6) is 5.75 Å². The molecule has 0 unspecified atom stereocenters. The lowest BCUT2D eigenvalue weighted by Gasteiger charge is -2.13. The highest BCUT2D eigenvalue weighted by molar-refractivity contribution is 7.17. The molecule has 0 radical (unpaired) electrons. The van der Waals surface area contributed by atoms with Gasteiger partial charge >= 0.3 is 6.36 Å². The lowest BCUT2D eigenvalue weighted by Crippen LogP contribution is -2.17. The van der Waals surface area contributed by atoms with E-state index in [0.717, 1.165) is 21.2 Å². The first-order valence-corrected chi connectivity index (χ1v) is 7.39. The standard InChI is InChI=1S/C16H12F3NOS/c17-16(18,19)21-11-7-5-10(6-8-11)15(20)13-9-22-14-4-2-1-3-12(13)14/h1-9,15H,20H2/t15-/m1/s1. The van der Waals surface area contributed by atoms with E-state index >= 15 is 0 Å². The quantitative estimate of drug-likeness (QED) is 0.748. The van der Waals surface area contributed by atoms with Crippen LogP contribution in [0.4, 0.5) is 13.2 Å². The minimum Gasteiger partial charge on any atom is -0.406 e. The van der Waals surface area contributed by atoms with Gasteiger partial charge in [-0.2, -0.15) is 0 Å². The SMILES string of the molecule is N[C@H](c1ccc(OC(F)(F)F)cc1)c1csc2ccccc12. The van der Waals surface area contributed by atoms with Gasteiger partial charge in [0.2, 0.25) is 0 Å². The molecule has 3 aromatic rings. The van der Waals surface area contributed by atoms with Gasteiger partial charge in [-0.1, -0.05) is 30.3 Å². The molecule has 1 aromatic heterocycles. The fraction of sp³-hybridized carbons (Fsp3) is 0.125. The van der Waals surface area contributed by atoms with Crippen molar-refractivity contribution in [3.8, 4) is 5.75 Å². The van der Waals surface area contributed by atoms with E-state index in [-0.39, 0.29) is 5.75 Å². The Morgan fingerprint density at radius 1 is 1.00 bits per heavy atom. The second kappa shape index (κ2) is 5.62. The first kappa shape index (κ1) is 14.9. The van der Waals surface area contributed by atoms with E-state index in [9.17, 15) is 13.2 Å². The summed E-state index contributed by atoms with van der Waals surface area (Å²) in [6, 6.07) is 13.2. The zero-order valence-corrected chi connectivity index (χ0v) is 12.1. The zero-order chi connectivity index (χ0) is 15.7. The number of ether oxygens (including phenoxy) is 1. The molecule has 0 amide bonds. The van der Waals surface area contributed by atoms with Crippen molar-refractivity contribution in [3.63, 3.8) is 0 Å². The zero-order valence-electron chi connectivity index (χ0n) is 11.3. The molecule has 0 aliphatic carbocycles. The fourth-order valence-corrected chi connectivity index (χ4v) is 3.29. The second-order valence-corrected chi connectivity index (χ2v) is 5.69. The number of rotatable bonds is 3. The molecule has 2 N–H and O–H groups in total. The van der Waals surface area contributed by atoms with Crippen LogP contribution < -0.4 is 10.5 Å². The minimum absolute atomic E-state index is 0.251. The molecular weight excluding hydrogens is 311 g/mol. The van der Waals surface area contributed by atoms with Gasteiger partial charge in [0, 0.05) is 4.70 Å². The molecule has 0 bridgehead atoms. The number of nitrogens with two attached hydrogens (primary N) is 1. The third-order valence-corrected chi connectivity index (χ3v) is 4.30. The van der Waals surface area contributed by atoms with Crippen molar-refractivity contribution in [1.29, 1.82) is 0 Å². The minimum atomic E-state index is -4.69. The van der Waals surface area contributed by atoms with Gasteiger partial charge in [0.25, 0.3) is 0 Å². The van der Waals surface area contributed by atoms with Gasteiger partial charge in [-0.3, -0.25) is 0 Å². The van der Waals surface area contributed by atoms with Gasteiger partial charge < -0.3 is 10.5 Å². The molecule has 2 aromatic carbocycles. The molecule has 22 heavy (non-hydrogen) atoms. The Hall–Kier alpha value is -2.05. The van der Waals surface area contributed by atoms with Crippen LogP contribution in [-0.4, -0.2) is 6.36 Å². The van der Waals surface area contributed by atoms with E-state index in [0.29, 0.717) is 0 Å². The van der Waals surface area contributed by atoms with Crippen LogP contribution in [0.15, 0.2) is 53.9 Å². The summed E-state index contributed by atoms with van der Waals surface area (Å²) in [5.74, 6) is -0.251. The maximum absolute atomic E-state index is 12.2. The number of hydrogen-bond acceptors (Lipinski definition) is 3. The summed E-state index contributed by atoms with van der Waals surface area (Å²) in [7, 11) is 0. The first-order valence-electron chi connectivity index (χ1n) is 6.51. The molecule has 0 aliphatic heterocycles. The summed E-state index contributed by atoms with van der Waals surface area (Å²) < 4.78 is 41.4. The molecule has 3 rings (SSSR count). The number of thiophene rings is 1. The molecule has 0 fully saturated rings. The fourth-order valence-electron chi connectivity index (χ4n) is 2.30. The van der Waals surface area contributed by atoms with E-state index in [4.69, 9.17) is 5.73 Å². The van der Waals surface area contributed by atoms with Crippen LogP contribution in [0.3, 0.4) is 0 Å². The van der Waals surface area contributed by atoms with Gasteiger partial charge in [0.15, 0.2) is 0 Å². The normalized spacial score (nSPS) is 13.3. The van der Waals surface area contributed by atoms with Crippen molar-refractivity contribution in [2.75, 3.05) is 0 Å². The average molecular weight is 323 g/mol. The topological polar surface area (TPSA) is 35.2 Å². The Balaban J connectivity index is 1.87. The van der Waals surface area contributed by atoms with Crippen LogP contribution in [0.1, 0.15) is 17.2 Å². The Bertz CT molecular complexity index is 780. The van der Waals surface area contributed by atoms with Crippen LogP contribution in [-0.2, 0) is 0 Å². The van der Waals surface area contributed by atoms with Crippen molar-refractivity contribution in [2.24, 2.45) is 5.73 Å². The molecule has 6 heteroatoms. The number of hydrogen-bond donors (Lipinski definition) is 1. The molecule has 0 saturated carbocycles. The second-order valence-electron chi connectivity index (χ2n) is 4.78. The van der Waals surface area contributed by atoms with Gasteiger partial charge in [-0.25, -0.2) is 0 Å². The number of alkyl halides is 3. The Kier molecular flexibility index (Phi) is 3.80. The van der Waals surface area contributed by atoms with Gasteiger partial charge in [0.1, 0.15) is 5.75 Å². The maximum Gasteiger partial charge on any atom is 0.573 e. The lowest BCUT2D eigenvalue weighted by molar-refractivity contribution is -0.274. The summed E-state index contributed by atoms with van der Waals surface area (Å²) in [6.45, 7) is 0.